The zero-order chi connectivity index (χ0) is 20.1. The van der Waals surface area contributed by atoms with Crippen molar-refractivity contribution in [3.05, 3.63) is 71.4 Å². The lowest BCUT2D eigenvalue weighted by Gasteiger charge is -2.06. The van der Waals surface area contributed by atoms with Gasteiger partial charge in [0.2, 0.25) is 5.91 Å². The third kappa shape index (κ3) is 4.73. The molecular formula is C21H19F3N2O2. The van der Waals surface area contributed by atoms with E-state index < -0.39 is 11.7 Å². The minimum atomic E-state index is -4.41. The van der Waals surface area contributed by atoms with Crippen LogP contribution in [0.15, 0.2) is 54.7 Å². The van der Waals surface area contributed by atoms with E-state index in [-0.39, 0.29) is 5.91 Å². The molecule has 0 spiro atoms. The van der Waals surface area contributed by atoms with Crippen molar-refractivity contribution < 1.29 is 22.7 Å². The minimum Gasteiger partial charge on any atom is -0.497 e. The summed E-state index contributed by atoms with van der Waals surface area (Å²) in [4.78, 5) is 15.1. The van der Waals surface area contributed by atoms with E-state index in [9.17, 15) is 18.0 Å². The lowest BCUT2D eigenvalue weighted by molar-refractivity contribution is -0.137. The van der Waals surface area contributed by atoms with E-state index in [4.69, 9.17) is 4.74 Å². The van der Waals surface area contributed by atoms with E-state index in [0.717, 1.165) is 34.3 Å². The number of carbonyl (C=O) groups excluding carboxylic acids is 1. The molecule has 0 radical (unpaired) electrons. The highest BCUT2D eigenvalue weighted by molar-refractivity contribution is 5.91. The van der Waals surface area contributed by atoms with Gasteiger partial charge in [-0.25, -0.2) is 0 Å². The molecule has 0 aliphatic heterocycles. The van der Waals surface area contributed by atoms with Gasteiger partial charge in [-0.05, 0) is 47.9 Å². The van der Waals surface area contributed by atoms with Crippen LogP contribution in [0, 0.1) is 0 Å². The molecule has 0 aliphatic carbocycles. The van der Waals surface area contributed by atoms with Crippen LogP contribution in [0.5, 0.6) is 5.75 Å². The monoisotopic (exact) mass is 388 g/mol. The van der Waals surface area contributed by atoms with Crippen LogP contribution in [0.3, 0.4) is 0 Å². The van der Waals surface area contributed by atoms with Crippen molar-refractivity contribution in [1.82, 2.24) is 10.3 Å². The molecule has 1 heterocycles. The average Bonchev–Trinajstić information content (AvgIpc) is 3.08. The van der Waals surface area contributed by atoms with Gasteiger partial charge < -0.3 is 15.0 Å². The summed E-state index contributed by atoms with van der Waals surface area (Å²) in [5, 5.41) is 3.79. The topological polar surface area (TPSA) is 54.1 Å². The number of H-pyrrole nitrogens is 1. The first kappa shape index (κ1) is 19.5. The normalized spacial score (nSPS) is 11.9. The van der Waals surface area contributed by atoms with Gasteiger partial charge in [0.1, 0.15) is 5.75 Å². The first-order valence-electron chi connectivity index (χ1n) is 8.64. The number of aromatic amines is 1. The van der Waals surface area contributed by atoms with Gasteiger partial charge in [0.25, 0.3) is 0 Å². The summed E-state index contributed by atoms with van der Waals surface area (Å²) in [6, 6.07) is 10.5. The number of hydrogen-bond acceptors (Lipinski definition) is 2. The van der Waals surface area contributed by atoms with Crippen LogP contribution in [0.1, 0.15) is 16.7 Å². The number of benzene rings is 2. The summed E-state index contributed by atoms with van der Waals surface area (Å²) in [6.45, 7) is 0.407. The lowest BCUT2D eigenvalue weighted by atomic mass is 10.1. The van der Waals surface area contributed by atoms with E-state index in [1.165, 1.54) is 24.3 Å². The summed E-state index contributed by atoms with van der Waals surface area (Å²) >= 11 is 0. The highest BCUT2D eigenvalue weighted by Crippen LogP contribution is 2.29. The second-order valence-electron chi connectivity index (χ2n) is 6.22. The van der Waals surface area contributed by atoms with Gasteiger partial charge in [0.15, 0.2) is 0 Å². The zero-order valence-electron chi connectivity index (χ0n) is 15.1. The molecule has 7 heteroatoms. The van der Waals surface area contributed by atoms with Gasteiger partial charge in [0.05, 0.1) is 12.7 Å². The number of alkyl halides is 3. The summed E-state index contributed by atoms with van der Waals surface area (Å²) < 4.78 is 43.3. The highest BCUT2D eigenvalue weighted by Gasteiger charge is 2.30. The van der Waals surface area contributed by atoms with Gasteiger partial charge in [-0.1, -0.05) is 12.1 Å². The number of methoxy groups -OCH3 is 1. The molecule has 0 saturated carbocycles. The van der Waals surface area contributed by atoms with E-state index in [2.05, 4.69) is 10.3 Å². The molecule has 0 atom stereocenters. The standard InChI is InChI=1S/C21H19F3N2O2/c1-28-17-6-7-18-15(13-26-19(18)12-17)9-10-25-20(27)8-5-14-3-2-4-16(11-14)21(22,23)24/h2-8,11-13,26H,9-10H2,1H3,(H,25,27). The molecule has 0 fully saturated rings. The van der Waals surface area contributed by atoms with Gasteiger partial charge in [-0.2, -0.15) is 13.2 Å². The maximum absolute atomic E-state index is 12.7. The molecule has 0 aliphatic rings. The molecule has 3 rings (SSSR count). The van der Waals surface area contributed by atoms with Crippen LogP contribution >= 0.6 is 0 Å². The Labute approximate surface area is 160 Å². The van der Waals surface area contributed by atoms with Crippen molar-refractivity contribution >= 4 is 22.9 Å². The second-order valence-corrected chi connectivity index (χ2v) is 6.22. The molecule has 0 saturated heterocycles. The van der Waals surface area contributed by atoms with E-state index in [1.54, 1.807) is 7.11 Å². The number of carbonyl (C=O) groups is 1. The van der Waals surface area contributed by atoms with E-state index in [1.807, 2.05) is 24.4 Å². The lowest BCUT2D eigenvalue weighted by Crippen LogP contribution is -2.23. The molecule has 4 nitrogen and oxygen atoms in total. The van der Waals surface area contributed by atoms with Gasteiger partial charge >= 0.3 is 6.18 Å². The highest BCUT2D eigenvalue weighted by atomic mass is 19.4. The number of hydrogen-bond donors (Lipinski definition) is 2. The van der Waals surface area contributed by atoms with E-state index >= 15 is 0 Å². The number of fused-ring (bicyclic) bond motifs is 1. The van der Waals surface area contributed by atoms with Crippen LogP contribution in [0.2, 0.25) is 0 Å². The van der Waals surface area contributed by atoms with Crippen LogP contribution in [-0.2, 0) is 17.4 Å². The smallest absolute Gasteiger partial charge is 0.416 e. The SMILES string of the molecule is COc1ccc2c(CCNC(=O)C=Cc3cccc(C(F)(F)F)c3)c[nH]c2c1. The number of ether oxygens (including phenoxy) is 1. The fourth-order valence-corrected chi connectivity index (χ4v) is 2.87. The van der Waals surface area contributed by atoms with Crippen LogP contribution in [-0.4, -0.2) is 24.5 Å². The molecule has 1 amide bonds. The Morgan fingerprint density at radius 2 is 2.04 bits per heavy atom. The Hall–Kier alpha value is -3.22. The summed E-state index contributed by atoms with van der Waals surface area (Å²) in [5.41, 5.74) is 1.58. The average molecular weight is 388 g/mol. The number of halogens is 3. The largest absolute Gasteiger partial charge is 0.497 e. The first-order valence-corrected chi connectivity index (χ1v) is 8.64. The van der Waals surface area contributed by atoms with Crippen molar-refractivity contribution in [2.45, 2.75) is 12.6 Å². The quantitative estimate of drug-likeness (QED) is 0.608. The van der Waals surface area contributed by atoms with Gasteiger partial charge in [-0.15, -0.1) is 0 Å². The number of amides is 1. The molecule has 2 aromatic carbocycles. The molecule has 1 aromatic heterocycles. The number of aromatic nitrogens is 1. The Kier molecular flexibility index (Phi) is 5.73. The Morgan fingerprint density at radius 1 is 1.21 bits per heavy atom. The van der Waals surface area contributed by atoms with E-state index in [0.29, 0.717) is 18.5 Å². The fraction of sp³-hybridized carbons (Fsp3) is 0.190. The molecular weight excluding hydrogens is 369 g/mol. The van der Waals surface area contributed by atoms with Crippen molar-refractivity contribution in [3.63, 3.8) is 0 Å². The molecule has 146 valence electrons. The van der Waals surface area contributed by atoms with Crippen LogP contribution < -0.4 is 10.1 Å². The third-order valence-corrected chi connectivity index (χ3v) is 4.31. The minimum absolute atomic E-state index is 0.315. The fourth-order valence-electron chi connectivity index (χ4n) is 2.87. The zero-order valence-corrected chi connectivity index (χ0v) is 15.1. The predicted molar refractivity (Wildman–Crippen MR) is 102 cm³/mol. The van der Waals surface area contributed by atoms with Gasteiger partial charge in [0, 0.05) is 35.8 Å². The maximum atomic E-state index is 12.7. The molecule has 0 unspecified atom stereocenters. The van der Waals surface area contributed by atoms with Crippen LogP contribution in [0.4, 0.5) is 13.2 Å². The Morgan fingerprint density at radius 3 is 2.79 bits per heavy atom. The summed E-state index contributed by atoms with van der Waals surface area (Å²) in [7, 11) is 1.60. The first-order chi connectivity index (χ1) is 13.4. The van der Waals surface area contributed by atoms with Crippen molar-refractivity contribution in [1.29, 1.82) is 0 Å². The summed E-state index contributed by atoms with van der Waals surface area (Å²) in [6.07, 6.45) is 0.692. The van der Waals surface area contributed by atoms with Gasteiger partial charge in [-0.3, -0.25) is 4.79 Å². The van der Waals surface area contributed by atoms with Crippen molar-refractivity contribution in [2.75, 3.05) is 13.7 Å². The maximum Gasteiger partial charge on any atom is 0.416 e. The third-order valence-electron chi connectivity index (χ3n) is 4.31. The number of nitrogens with one attached hydrogen (secondary N) is 2. The molecule has 3 aromatic rings. The second kappa shape index (κ2) is 8.21. The summed E-state index contributed by atoms with van der Waals surface area (Å²) in [5.74, 6) is 0.396. The molecule has 28 heavy (non-hydrogen) atoms. The molecule has 2 N–H and O–H groups in total. The Balaban J connectivity index is 1.56. The van der Waals surface area contributed by atoms with Crippen LogP contribution in [0.25, 0.3) is 17.0 Å². The van der Waals surface area contributed by atoms with Crippen molar-refractivity contribution in [2.24, 2.45) is 0 Å². The predicted octanol–water partition coefficient (Wildman–Crippen LogP) is 4.57. The number of rotatable bonds is 6. The Bertz CT molecular complexity index is 1010. The van der Waals surface area contributed by atoms with Crippen molar-refractivity contribution in [3.8, 4) is 5.75 Å². The molecule has 0 bridgehead atoms.